The van der Waals surface area contributed by atoms with Crippen molar-refractivity contribution in [3.8, 4) is 5.75 Å². The summed E-state index contributed by atoms with van der Waals surface area (Å²) in [6, 6.07) is 9.86. The molecule has 0 amide bonds. The van der Waals surface area contributed by atoms with Crippen molar-refractivity contribution in [3.05, 3.63) is 62.7 Å². The third-order valence-corrected chi connectivity index (χ3v) is 4.90. The van der Waals surface area contributed by atoms with Crippen LogP contribution in [-0.4, -0.2) is 24.3 Å². The molecule has 5 nitrogen and oxygen atoms in total. The maximum atomic E-state index is 13.7. The number of aliphatic hydroxyl groups excluding tert-OH is 1. The van der Waals surface area contributed by atoms with Crippen molar-refractivity contribution in [2.45, 2.75) is 26.4 Å². The van der Waals surface area contributed by atoms with Gasteiger partial charge in [0, 0.05) is 23.4 Å². The second-order valence-corrected chi connectivity index (χ2v) is 7.37. The lowest BCUT2D eigenvalue weighted by Gasteiger charge is -2.12. The summed E-state index contributed by atoms with van der Waals surface area (Å²) in [6.07, 6.45) is 0.476. The second kappa shape index (κ2) is 9.38. The highest BCUT2D eigenvalue weighted by Crippen LogP contribution is 2.28. The van der Waals surface area contributed by atoms with E-state index in [0.717, 1.165) is 25.9 Å². The van der Waals surface area contributed by atoms with Crippen LogP contribution < -0.4 is 4.74 Å². The van der Waals surface area contributed by atoms with Gasteiger partial charge in [-0.2, -0.15) is 0 Å². The fourth-order valence-corrected chi connectivity index (χ4v) is 3.70. The van der Waals surface area contributed by atoms with Crippen LogP contribution in [0.15, 0.2) is 40.8 Å². The number of esters is 1. The van der Waals surface area contributed by atoms with E-state index in [-0.39, 0.29) is 32.2 Å². The van der Waals surface area contributed by atoms with Gasteiger partial charge < -0.3 is 19.0 Å². The number of rotatable bonds is 8. The van der Waals surface area contributed by atoms with Gasteiger partial charge in [-0.1, -0.05) is 6.07 Å². The first-order valence-electron chi connectivity index (χ1n) is 8.88. The normalized spacial score (nSPS) is 11.0. The Morgan fingerprint density at radius 3 is 2.82 bits per heavy atom. The highest BCUT2D eigenvalue weighted by molar-refractivity contribution is 14.1. The molecule has 0 aliphatic rings. The molecule has 0 aliphatic carbocycles. The molecule has 2 aromatic carbocycles. The van der Waals surface area contributed by atoms with E-state index < -0.39 is 5.82 Å². The van der Waals surface area contributed by atoms with Crippen molar-refractivity contribution in [1.82, 2.24) is 0 Å². The minimum atomic E-state index is -0.434. The predicted molar refractivity (Wildman–Crippen MR) is 111 cm³/mol. The molecule has 0 saturated carbocycles. The van der Waals surface area contributed by atoms with E-state index in [0.29, 0.717) is 17.7 Å². The zero-order valence-corrected chi connectivity index (χ0v) is 17.5. The van der Waals surface area contributed by atoms with E-state index in [9.17, 15) is 9.18 Å². The topological polar surface area (TPSA) is 68.9 Å². The highest BCUT2D eigenvalue weighted by Gasteiger charge is 2.13. The minimum absolute atomic E-state index is 0.0201. The van der Waals surface area contributed by atoms with Gasteiger partial charge in [0.05, 0.1) is 23.2 Å². The first-order valence-corrected chi connectivity index (χ1v) is 9.96. The molecule has 28 heavy (non-hydrogen) atoms. The minimum Gasteiger partial charge on any atom is -0.488 e. The number of aliphatic hydroxyl groups is 1. The standard InChI is InChI=1S/C21H20FIO5/c1-2-26-20(25)10-14-3-4-16(22)11-19(14)27-12-13-7-15-9-17(5-6-24)28-21(15)18(23)8-13/h3-4,7-9,11,24H,2,5-6,10,12H2,1H3. The number of benzene rings is 2. The van der Waals surface area contributed by atoms with Gasteiger partial charge in [0.15, 0.2) is 0 Å². The molecule has 3 rings (SSSR count). The Hall–Kier alpha value is -2.13. The number of carbonyl (C=O) groups is 1. The van der Waals surface area contributed by atoms with E-state index >= 15 is 0 Å². The summed E-state index contributed by atoms with van der Waals surface area (Å²) in [4.78, 5) is 11.8. The van der Waals surface area contributed by atoms with Crippen molar-refractivity contribution in [2.75, 3.05) is 13.2 Å². The fourth-order valence-electron chi connectivity index (χ4n) is 2.88. The average molecular weight is 498 g/mol. The Bertz CT molecular complexity index is 982. The molecule has 1 aromatic heterocycles. The van der Waals surface area contributed by atoms with E-state index in [4.69, 9.17) is 19.0 Å². The van der Waals surface area contributed by atoms with Crippen LogP contribution in [0.5, 0.6) is 5.75 Å². The van der Waals surface area contributed by atoms with Gasteiger partial charge in [-0.05, 0) is 59.3 Å². The molecule has 0 unspecified atom stereocenters. The molecule has 3 aromatic rings. The summed E-state index contributed by atoms with van der Waals surface area (Å²) in [5.41, 5.74) is 2.23. The molecule has 0 bridgehead atoms. The number of hydrogen-bond donors (Lipinski definition) is 1. The summed E-state index contributed by atoms with van der Waals surface area (Å²) in [5.74, 6) is 0.215. The number of ether oxygens (including phenoxy) is 2. The van der Waals surface area contributed by atoms with Crippen LogP contribution in [0.3, 0.4) is 0 Å². The van der Waals surface area contributed by atoms with Crippen LogP contribution in [0.25, 0.3) is 11.0 Å². The van der Waals surface area contributed by atoms with Gasteiger partial charge in [0.2, 0.25) is 0 Å². The Balaban J connectivity index is 1.79. The molecule has 0 saturated heterocycles. The van der Waals surface area contributed by atoms with Crippen LogP contribution >= 0.6 is 22.6 Å². The summed E-state index contributed by atoms with van der Waals surface area (Å²) in [5, 5.41) is 9.99. The third kappa shape index (κ3) is 5.02. The fraction of sp³-hybridized carbons (Fsp3) is 0.286. The summed E-state index contributed by atoms with van der Waals surface area (Å²) < 4.78 is 31.1. The largest absolute Gasteiger partial charge is 0.488 e. The van der Waals surface area contributed by atoms with E-state index in [1.807, 2.05) is 18.2 Å². The number of fused-ring (bicyclic) bond motifs is 1. The Morgan fingerprint density at radius 1 is 1.25 bits per heavy atom. The average Bonchev–Trinajstić information content (AvgIpc) is 3.05. The zero-order chi connectivity index (χ0) is 20.1. The van der Waals surface area contributed by atoms with Gasteiger partial charge >= 0.3 is 5.97 Å². The van der Waals surface area contributed by atoms with Crippen molar-refractivity contribution in [2.24, 2.45) is 0 Å². The van der Waals surface area contributed by atoms with E-state index in [1.54, 1.807) is 6.92 Å². The van der Waals surface area contributed by atoms with Crippen LogP contribution in [0.1, 0.15) is 23.8 Å². The van der Waals surface area contributed by atoms with Crippen molar-refractivity contribution >= 4 is 39.5 Å². The van der Waals surface area contributed by atoms with Crippen LogP contribution in [0.2, 0.25) is 0 Å². The smallest absolute Gasteiger partial charge is 0.310 e. The van der Waals surface area contributed by atoms with Crippen molar-refractivity contribution < 1.29 is 28.2 Å². The van der Waals surface area contributed by atoms with Gasteiger partial charge in [-0.3, -0.25) is 4.79 Å². The quantitative estimate of drug-likeness (QED) is 0.369. The van der Waals surface area contributed by atoms with E-state index in [2.05, 4.69) is 22.6 Å². The third-order valence-electron chi connectivity index (χ3n) is 4.10. The van der Waals surface area contributed by atoms with Crippen LogP contribution in [-0.2, 0) is 29.0 Å². The second-order valence-electron chi connectivity index (χ2n) is 6.20. The molecule has 1 heterocycles. The van der Waals surface area contributed by atoms with Gasteiger partial charge in [0.1, 0.15) is 29.5 Å². The molecule has 0 aliphatic heterocycles. The lowest BCUT2D eigenvalue weighted by molar-refractivity contribution is -0.142. The number of carbonyl (C=O) groups excluding carboxylic acids is 1. The van der Waals surface area contributed by atoms with Crippen LogP contribution in [0, 0.1) is 9.39 Å². The van der Waals surface area contributed by atoms with Gasteiger partial charge in [0.25, 0.3) is 0 Å². The summed E-state index contributed by atoms with van der Waals surface area (Å²) >= 11 is 2.18. The maximum absolute atomic E-state index is 13.7. The lowest BCUT2D eigenvalue weighted by atomic mass is 10.1. The molecular formula is C21H20FIO5. The first kappa shape index (κ1) is 20.6. The van der Waals surface area contributed by atoms with Crippen molar-refractivity contribution in [1.29, 1.82) is 0 Å². The Kier molecular flexibility index (Phi) is 6.90. The summed E-state index contributed by atoms with van der Waals surface area (Å²) in [6.45, 7) is 2.26. The molecule has 0 spiro atoms. The molecular weight excluding hydrogens is 478 g/mol. The van der Waals surface area contributed by atoms with E-state index in [1.165, 1.54) is 18.2 Å². The number of halogens is 2. The highest BCUT2D eigenvalue weighted by atomic mass is 127. The molecule has 0 atom stereocenters. The maximum Gasteiger partial charge on any atom is 0.310 e. The Morgan fingerprint density at radius 2 is 2.07 bits per heavy atom. The zero-order valence-electron chi connectivity index (χ0n) is 15.3. The monoisotopic (exact) mass is 498 g/mol. The molecule has 148 valence electrons. The number of furan rings is 1. The Labute approximate surface area is 175 Å². The molecule has 0 radical (unpaired) electrons. The molecule has 1 N–H and O–H groups in total. The number of hydrogen-bond acceptors (Lipinski definition) is 5. The van der Waals surface area contributed by atoms with Gasteiger partial charge in [-0.15, -0.1) is 0 Å². The molecule has 7 heteroatoms. The lowest BCUT2D eigenvalue weighted by Crippen LogP contribution is -2.09. The first-order chi connectivity index (χ1) is 13.5. The van der Waals surface area contributed by atoms with Crippen molar-refractivity contribution in [3.63, 3.8) is 0 Å². The molecule has 0 fully saturated rings. The summed E-state index contributed by atoms with van der Waals surface area (Å²) in [7, 11) is 0. The SMILES string of the molecule is CCOC(=O)Cc1ccc(F)cc1OCc1cc(I)c2oc(CCO)cc2c1. The van der Waals surface area contributed by atoms with Crippen LogP contribution in [0.4, 0.5) is 4.39 Å². The van der Waals surface area contributed by atoms with Gasteiger partial charge in [-0.25, -0.2) is 4.39 Å². The predicted octanol–water partition coefficient (Wildman–Crippen LogP) is 4.40.